The van der Waals surface area contributed by atoms with Crippen molar-refractivity contribution in [2.75, 3.05) is 5.32 Å². The third-order valence-electron chi connectivity index (χ3n) is 3.68. The molecular formula is C18H15F3N2O5. The van der Waals surface area contributed by atoms with Crippen LogP contribution in [0.25, 0.3) is 0 Å². The smallest absolute Gasteiger partial charge is 0.416 e. The highest BCUT2D eigenvalue weighted by atomic mass is 19.4. The van der Waals surface area contributed by atoms with Crippen LogP contribution in [-0.4, -0.2) is 22.9 Å². The SMILES string of the molecule is C[C@H](OC(=O)Cc1ccccc1[N+](=O)[O-])C(=O)Nc1ccc(C(F)(F)F)cc1. The van der Waals surface area contributed by atoms with Crippen molar-refractivity contribution < 1.29 is 32.4 Å². The molecule has 0 saturated carbocycles. The Morgan fingerprint density at radius 3 is 2.32 bits per heavy atom. The Morgan fingerprint density at radius 2 is 1.75 bits per heavy atom. The van der Waals surface area contributed by atoms with Gasteiger partial charge in [0.05, 0.1) is 16.9 Å². The molecule has 1 atom stereocenters. The fourth-order valence-electron chi connectivity index (χ4n) is 2.27. The zero-order valence-electron chi connectivity index (χ0n) is 14.5. The minimum absolute atomic E-state index is 0.0968. The number of nitro benzene ring substituents is 1. The number of rotatable bonds is 6. The largest absolute Gasteiger partial charge is 0.452 e. The van der Waals surface area contributed by atoms with E-state index in [1.165, 1.54) is 31.2 Å². The summed E-state index contributed by atoms with van der Waals surface area (Å²) >= 11 is 0. The molecule has 0 saturated heterocycles. The summed E-state index contributed by atoms with van der Waals surface area (Å²) in [7, 11) is 0. The number of carbonyl (C=O) groups is 2. The van der Waals surface area contributed by atoms with Crippen LogP contribution in [0.15, 0.2) is 48.5 Å². The number of nitrogens with one attached hydrogen (secondary N) is 1. The van der Waals surface area contributed by atoms with Gasteiger partial charge in [0.25, 0.3) is 11.6 Å². The van der Waals surface area contributed by atoms with Gasteiger partial charge >= 0.3 is 12.1 Å². The van der Waals surface area contributed by atoms with E-state index in [9.17, 15) is 32.9 Å². The number of hydrogen-bond donors (Lipinski definition) is 1. The van der Waals surface area contributed by atoms with Crippen molar-refractivity contribution in [3.63, 3.8) is 0 Å². The molecule has 0 unspecified atom stereocenters. The summed E-state index contributed by atoms with van der Waals surface area (Å²) in [4.78, 5) is 34.3. The summed E-state index contributed by atoms with van der Waals surface area (Å²) in [5.74, 6) is -1.61. The maximum atomic E-state index is 12.5. The lowest BCUT2D eigenvalue weighted by molar-refractivity contribution is -0.385. The maximum absolute atomic E-state index is 12.5. The number of esters is 1. The number of carbonyl (C=O) groups excluding carboxylic acids is 2. The predicted octanol–water partition coefficient (Wildman–Crippen LogP) is 3.73. The lowest BCUT2D eigenvalue weighted by Gasteiger charge is -2.14. The number of benzene rings is 2. The van der Waals surface area contributed by atoms with Gasteiger partial charge in [-0.15, -0.1) is 0 Å². The molecule has 28 heavy (non-hydrogen) atoms. The average molecular weight is 396 g/mol. The highest BCUT2D eigenvalue weighted by molar-refractivity contribution is 5.95. The molecule has 1 N–H and O–H groups in total. The van der Waals surface area contributed by atoms with Gasteiger partial charge in [0.2, 0.25) is 0 Å². The van der Waals surface area contributed by atoms with E-state index in [4.69, 9.17) is 4.74 Å². The molecule has 10 heteroatoms. The quantitative estimate of drug-likeness (QED) is 0.456. The lowest BCUT2D eigenvalue weighted by Crippen LogP contribution is -2.30. The third-order valence-corrected chi connectivity index (χ3v) is 3.68. The highest BCUT2D eigenvalue weighted by Crippen LogP contribution is 2.29. The molecule has 0 aliphatic carbocycles. The van der Waals surface area contributed by atoms with Crippen molar-refractivity contribution in [2.24, 2.45) is 0 Å². The third kappa shape index (κ3) is 5.53. The van der Waals surface area contributed by atoms with Crippen LogP contribution in [-0.2, 0) is 26.9 Å². The van der Waals surface area contributed by atoms with Gasteiger partial charge < -0.3 is 10.1 Å². The monoisotopic (exact) mass is 396 g/mol. The van der Waals surface area contributed by atoms with E-state index >= 15 is 0 Å². The van der Waals surface area contributed by atoms with Crippen LogP contribution in [0, 0.1) is 10.1 Å². The number of ether oxygens (including phenoxy) is 1. The minimum atomic E-state index is -4.49. The van der Waals surface area contributed by atoms with E-state index in [0.29, 0.717) is 0 Å². The Balaban J connectivity index is 1.95. The van der Waals surface area contributed by atoms with E-state index in [1.807, 2.05) is 0 Å². The van der Waals surface area contributed by atoms with E-state index in [2.05, 4.69) is 5.32 Å². The van der Waals surface area contributed by atoms with Crippen molar-refractivity contribution in [3.8, 4) is 0 Å². The van der Waals surface area contributed by atoms with Crippen LogP contribution in [0.4, 0.5) is 24.5 Å². The molecule has 0 aromatic heterocycles. The molecule has 0 spiro atoms. The molecule has 1 amide bonds. The molecular weight excluding hydrogens is 381 g/mol. The zero-order chi connectivity index (χ0) is 20.9. The number of amides is 1. The van der Waals surface area contributed by atoms with Crippen molar-refractivity contribution in [1.82, 2.24) is 0 Å². The zero-order valence-corrected chi connectivity index (χ0v) is 14.5. The van der Waals surface area contributed by atoms with Crippen molar-refractivity contribution in [1.29, 1.82) is 0 Å². The molecule has 2 rings (SSSR count). The maximum Gasteiger partial charge on any atom is 0.416 e. The number of halogens is 3. The van der Waals surface area contributed by atoms with Crippen LogP contribution < -0.4 is 5.32 Å². The van der Waals surface area contributed by atoms with Gasteiger partial charge in [0.15, 0.2) is 6.10 Å². The van der Waals surface area contributed by atoms with Crippen LogP contribution in [0.5, 0.6) is 0 Å². The normalized spacial score (nSPS) is 12.1. The molecule has 0 aliphatic heterocycles. The second-order valence-electron chi connectivity index (χ2n) is 5.76. The van der Waals surface area contributed by atoms with Crippen molar-refractivity contribution in [2.45, 2.75) is 25.6 Å². The van der Waals surface area contributed by atoms with Gasteiger partial charge in [-0.3, -0.25) is 19.7 Å². The number of alkyl halides is 3. The summed E-state index contributed by atoms with van der Waals surface area (Å²) < 4.78 is 42.5. The van der Waals surface area contributed by atoms with Crippen LogP contribution in [0.1, 0.15) is 18.1 Å². The molecule has 0 bridgehead atoms. The lowest BCUT2D eigenvalue weighted by atomic mass is 10.1. The number of para-hydroxylation sites is 1. The Labute approximate surface area is 157 Å². The fraction of sp³-hybridized carbons (Fsp3) is 0.222. The van der Waals surface area contributed by atoms with E-state index < -0.39 is 41.1 Å². The van der Waals surface area contributed by atoms with Crippen LogP contribution >= 0.6 is 0 Å². The summed E-state index contributed by atoms with van der Waals surface area (Å²) in [6, 6.07) is 9.37. The van der Waals surface area contributed by atoms with Crippen LogP contribution in [0.2, 0.25) is 0 Å². The molecule has 2 aromatic rings. The molecule has 0 heterocycles. The summed E-state index contributed by atoms with van der Waals surface area (Å²) in [6.07, 6.45) is -6.15. The second kappa shape index (κ2) is 8.51. The predicted molar refractivity (Wildman–Crippen MR) is 92.4 cm³/mol. The van der Waals surface area contributed by atoms with Gasteiger partial charge in [-0.2, -0.15) is 13.2 Å². The minimum Gasteiger partial charge on any atom is -0.452 e. The first-order valence-electron chi connectivity index (χ1n) is 7.98. The van der Waals surface area contributed by atoms with Gasteiger partial charge in [-0.05, 0) is 31.2 Å². The average Bonchev–Trinajstić information content (AvgIpc) is 2.61. The Bertz CT molecular complexity index is 882. The molecule has 0 fully saturated rings. The number of hydrogen-bond acceptors (Lipinski definition) is 5. The van der Waals surface area contributed by atoms with Gasteiger partial charge in [-0.25, -0.2) is 0 Å². The van der Waals surface area contributed by atoms with Gasteiger partial charge in [-0.1, -0.05) is 18.2 Å². The van der Waals surface area contributed by atoms with E-state index in [-0.39, 0.29) is 16.9 Å². The van der Waals surface area contributed by atoms with Crippen LogP contribution in [0.3, 0.4) is 0 Å². The van der Waals surface area contributed by atoms with E-state index in [0.717, 1.165) is 24.3 Å². The molecule has 0 radical (unpaired) electrons. The first kappa shape index (κ1) is 20.9. The van der Waals surface area contributed by atoms with Gasteiger partial charge in [0.1, 0.15) is 0 Å². The topological polar surface area (TPSA) is 98.5 Å². The molecule has 0 aliphatic rings. The number of nitrogens with zero attached hydrogens (tertiary/aromatic N) is 1. The van der Waals surface area contributed by atoms with E-state index in [1.54, 1.807) is 0 Å². The number of anilines is 1. The fourth-order valence-corrected chi connectivity index (χ4v) is 2.27. The Morgan fingerprint density at radius 1 is 1.14 bits per heavy atom. The first-order chi connectivity index (χ1) is 13.1. The standard InChI is InChI=1S/C18H15F3N2O5/c1-11(17(25)22-14-8-6-13(7-9-14)18(19,20)21)28-16(24)10-12-4-2-3-5-15(12)23(26)27/h2-9,11H,10H2,1H3,(H,22,25)/t11-/m0/s1. The molecule has 2 aromatic carbocycles. The summed E-state index contributed by atoms with van der Waals surface area (Å²) in [5.41, 5.74) is -0.886. The van der Waals surface area contributed by atoms with Gasteiger partial charge in [0, 0.05) is 17.3 Å². The Hall–Kier alpha value is -3.43. The number of nitro groups is 1. The first-order valence-corrected chi connectivity index (χ1v) is 7.98. The molecule has 7 nitrogen and oxygen atoms in total. The second-order valence-corrected chi connectivity index (χ2v) is 5.76. The Kier molecular flexibility index (Phi) is 6.34. The molecule has 148 valence electrons. The van der Waals surface area contributed by atoms with Crippen molar-refractivity contribution >= 4 is 23.3 Å². The highest BCUT2D eigenvalue weighted by Gasteiger charge is 2.30. The summed E-state index contributed by atoms with van der Waals surface area (Å²) in [5, 5.41) is 13.3. The van der Waals surface area contributed by atoms with Crippen molar-refractivity contribution in [3.05, 3.63) is 69.8 Å². The summed E-state index contributed by atoms with van der Waals surface area (Å²) in [6.45, 7) is 1.27.